The van der Waals surface area contributed by atoms with E-state index in [2.05, 4.69) is 4.98 Å². The second-order valence-electron chi connectivity index (χ2n) is 4.15. The number of nitrogens with zero attached hydrogens (tertiary/aromatic N) is 1. The maximum atomic E-state index is 11.9. The molecule has 0 aliphatic rings. The number of rotatable bonds is 3. The van der Waals surface area contributed by atoms with Crippen LogP contribution >= 0.6 is 0 Å². The molecule has 2 N–H and O–H groups in total. The van der Waals surface area contributed by atoms with Crippen LogP contribution in [0, 0.1) is 0 Å². The Hall–Kier alpha value is -2.76. The fraction of sp³-hybridized carbons (Fsp3) is 0.0769. The second-order valence-corrected chi connectivity index (χ2v) is 4.15. The highest BCUT2D eigenvalue weighted by Gasteiger charge is 2.14. The molecule has 0 amide bonds. The molecule has 0 unspecified atom stereocenters. The molecular formula is C13H10N2O4. The largest absolute Gasteiger partial charge is 0.478 e. The molecule has 0 fully saturated rings. The van der Waals surface area contributed by atoms with Gasteiger partial charge in [0.2, 0.25) is 0 Å². The van der Waals surface area contributed by atoms with Gasteiger partial charge in [-0.1, -0.05) is 6.07 Å². The van der Waals surface area contributed by atoms with Crippen molar-refractivity contribution in [1.29, 1.82) is 0 Å². The number of nitrogens with one attached hydrogen (secondary N) is 1. The summed E-state index contributed by atoms with van der Waals surface area (Å²) in [6.07, 6.45) is 3.07. The van der Waals surface area contributed by atoms with E-state index in [1.165, 1.54) is 16.9 Å². The molecule has 0 saturated heterocycles. The number of H-pyrrole nitrogens is 1. The van der Waals surface area contributed by atoms with Gasteiger partial charge < -0.3 is 14.5 Å². The van der Waals surface area contributed by atoms with Gasteiger partial charge in [-0.3, -0.25) is 4.57 Å². The summed E-state index contributed by atoms with van der Waals surface area (Å²) >= 11 is 0. The summed E-state index contributed by atoms with van der Waals surface area (Å²) in [6.45, 7) is 0.332. The van der Waals surface area contributed by atoms with Crippen LogP contribution in [0.1, 0.15) is 15.9 Å². The quantitative estimate of drug-likeness (QED) is 0.747. The van der Waals surface area contributed by atoms with Gasteiger partial charge in [-0.25, -0.2) is 9.59 Å². The van der Waals surface area contributed by atoms with Crippen molar-refractivity contribution in [3.8, 4) is 0 Å². The summed E-state index contributed by atoms with van der Waals surface area (Å²) in [7, 11) is 0. The maximum absolute atomic E-state index is 11.9. The van der Waals surface area contributed by atoms with Gasteiger partial charge in [0.1, 0.15) is 0 Å². The Morgan fingerprint density at radius 1 is 1.37 bits per heavy atom. The van der Waals surface area contributed by atoms with Crippen molar-refractivity contribution < 1.29 is 14.3 Å². The number of aromatic carboxylic acids is 1. The number of aromatic amines is 1. The third kappa shape index (κ3) is 1.83. The summed E-state index contributed by atoms with van der Waals surface area (Å²) in [5.41, 5.74) is 1.48. The summed E-state index contributed by atoms with van der Waals surface area (Å²) in [6, 6.07) is 6.54. The third-order valence-electron chi connectivity index (χ3n) is 2.96. The van der Waals surface area contributed by atoms with Gasteiger partial charge in [-0.05, 0) is 18.2 Å². The van der Waals surface area contributed by atoms with Crippen molar-refractivity contribution in [3.63, 3.8) is 0 Å². The summed E-state index contributed by atoms with van der Waals surface area (Å²) in [5.74, 6) is -1.07. The minimum Gasteiger partial charge on any atom is -0.478 e. The molecule has 2 heterocycles. The van der Waals surface area contributed by atoms with Gasteiger partial charge in [0.05, 0.1) is 35.7 Å². The molecule has 0 aliphatic carbocycles. The van der Waals surface area contributed by atoms with E-state index in [4.69, 9.17) is 9.52 Å². The molecule has 0 radical (unpaired) electrons. The highest BCUT2D eigenvalue weighted by atomic mass is 16.4. The normalized spacial score (nSPS) is 10.9. The number of carbonyl (C=O) groups is 1. The van der Waals surface area contributed by atoms with Crippen LogP contribution in [-0.4, -0.2) is 20.6 Å². The molecule has 19 heavy (non-hydrogen) atoms. The average Bonchev–Trinajstić information content (AvgIpc) is 2.98. The van der Waals surface area contributed by atoms with E-state index in [1.54, 1.807) is 24.5 Å². The number of benzene rings is 1. The first-order valence-corrected chi connectivity index (χ1v) is 5.62. The molecule has 1 aromatic carbocycles. The van der Waals surface area contributed by atoms with E-state index in [0.29, 0.717) is 17.6 Å². The monoisotopic (exact) mass is 258 g/mol. The fourth-order valence-corrected chi connectivity index (χ4v) is 2.08. The number of imidazole rings is 1. The third-order valence-corrected chi connectivity index (χ3v) is 2.96. The van der Waals surface area contributed by atoms with Crippen molar-refractivity contribution in [1.82, 2.24) is 9.55 Å². The molecule has 0 spiro atoms. The Kier molecular flexibility index (Phi) is 2.49. The number of furan rings is 1. The van der Waals surface area contributed by atoms with E-state index in [0.717, 1.165) is 5.56 Å². The standard InChI is InChI=1S/C13H10N2O4/c16-12(17)9-2-1-3-10-11(9)14-13(18)15(10)6-8-4-5-19-7-8/h1-5,7H,6H2,(H,14,18)(H,16,17). The van der Waals surface area contributed by atoms with Gasteiger partial charge in [0.15, 0.2) is 0 Å². The van der Waals surface area contributed by atoms with Gasteiger partial charge in [0, 0.05) is 5.56 Å². The Labute approximate surface area is 106 Å². The van der Waals surface area contributed by atoms with Gasteiger partial charge in [-0.15, -0.1) is 0 Å². The van der Waals surface area contributed by atoms with Gasteiger partial charge in [-0.2, -0.15) is 0 Å². The molecule has 0 saturated carbocycles. The van der Waals surface area contributed by atoms with Crippen LogP contribution in [0.15, 0.2) is 46.0 Å². The topological polar surface area (TPSA) is 88.2 Å². The first-order chi connectivity index (χ1) is 9.16. The fourth-order valence-electron chi connectivity index (χ4n) is 2.08. The first-order valence-electron chi connectivity index (χ1n) is 5.62. The summed E-state index contributed by atoms with van der Waals surface area (Å²) in [4.78, 5) is 25.6. The number of carboxylic acids is 1. The average molecular weight is 258 g/mol. The van der Waals surface area contributed by atoms with E-state index in [9.17, 15) is 9.59 Å². The van der Waals surface area contributed by atoms with Crippen LogP contribution in [0.2, 0.25) is 0 Å². The summed E-state index contributed by atoms with van der Waals surface area (Å²) in [5, 5.41) is 9.09. The lowest BCUT2D eigenvalue weighted by Gasteiger charge is -2.01. The SMILES string of the molecule is O=C(O)c1cccc2c1[nH]c(=O)n2Cc1ccoc1. The Morgan fingerprint density at radius 3 is 2.89 bits per heavy atom. The van der Waals surface area contributed by atoms with Gasteiger partial charge >= 0.3 is 11.7 Å². The predicted molar refractivity (Wildman–Crippen MR) is 67.3 cm³/mol. The highest BCUT2D eigenvalue weighted by Crippen LogP contribution is 2.16. The lowest BCUT2D eigenvalue weighted by atomic mass is 10.2. The summed E-state index contributed by atoms with van der Waals surface area (Å²) < 4.78 is 6.44. The van der Waals surface area contributed by atoms with Crippen LogP contribution in [0.25, 0.3) is 11.0 Å². The molecule has 3 aromatic rings. The minimum absolute atomic E-state index is 0.0838. The van der Waals surface area contributed by atoms with Crippen molar-refractivity contribution in [2.45, 2.75) is 6.54 Å². The number of fused-ring (bicyclic) bond motifs is 1. The molecule has 6 heteroatoms. The predicted octanol–water partition coefficient (Wildman–Crippen LogP) is 1.67. The van der Waals surface area contributed by atoms with E-state index in [1.807, 2.05) is 0 Å². The molecule has 2 aromatic heterocycles. The molecule has 0 aliphatic heterocycles. The maximum Gasteiger partial charge on any atom is 0.337 e. The lowest BCUT2D eigenvalue weighted by molar-refractivity contribution is 0.0699. The van der Waals surface area contributed by atoms with E-state index < -0.39 is 5.97 Å². The lowest BCUT2D eigenvalue weighted by Crippen LogP contribution is -2.16. The van der Waals surface area contributed by atoms with Crippen LogP contribution in [-0.2, 0) is 6.54 Å². The number of aromatic nitrogens is 2. The highest BCUT2D eigenvalue weighted by molar-refractivity contribution is 6.00. The first kappa shape index (κ1) is 11.3. The molecule has 6 nitrogen and oxygen atoms in total. The zero-order chi connectivity index (χ0) is 13.4. The van der Waals surface area contributed by atoms with Crippen LogP contribution < -0.4 is 5.69 Å². The zero-order valence-electron chi connectivity index (χ0n) is 9.79. The molecule has 0 atom stereocenters. The Morgan fingerprint density at radius 2 is 2.21 bits per heavy atom. The van der Waals surface area contributed by atoms with Crippen LogP contribution in [0.3, 0.4) is 0 Å². The number of hydrogen-bond donors (Lipinski definition) is 2. The van der Waals surface area contributed by atoms with Crippen molar-refractivity contribution >= 4 is 17.0 Å². The molecule has 3 rings (SSSR count). The number of carboxylic acid groups (broad SMARTS) is 1. The van der Waals surface area contributed by atoms with Crippen molar-refractivity contribution in [2.75, 3.05) is 0 Å². The zero-order valence-corrected chi connectivity index (χ0v) is 9.79. The van der Waals surface area contributed by atoms with E-state index >= 15 is 0 Å². The smallest absolute Gasteiger partial charge is 0.337 e. The van der Waals surface area contributed by atoms with Crippen molar-refractivity contribution in [2.24, 2.45) is 0 Å². The Balaban J connectivity index is 2.20. The molecular weight excluding hydrogens is 248 g/mol. The molecule has 0 bridgehead atoms. The van der Waals surface area contributed by atoms with Crippen molar-refractivity contribution in [3.05, 3.63) is 58.4 Å². The Bertz CT molecular complexity index is 796. The van der Waals surface area contributed by atoms with Gasteiger partial charge in [0.25, 0.3) is 0 Å². The minimum atomic E-state index is -1.07. The number of hydrogen-bond acceptors (Lipinski definition) is 3. The van der Waals surface area contributed by atoms with Crippen LogP contribution in [0.4, 0.5) is 0 Å². The second kappa shape index (κ2) is 4.16. The number of para-hydroxylation sites is 1. The molecule has 96 valence electrons. The van der Waals surface area contributed by atoms with E-state index in [-0.39, 0.29) is 11.3 Å². The van der Waals surface area contributed by atoms with Crippen LogP contribution in [0.5, 0.6) is 0 Å².